The second-order valence-corrected chi connectivity index (χ2v) is 4.52. The fourth-order valence-corrected chi connectivity index (χ4v) is 2.53. The summed E-state index contributed by atoms with van der Waals surface area (Å²) < 4.78 is 1.86. The van der Waals surface area contributed by atoms with Crippen molar-refractivity contribution in [2.24, 2.45) is 0 Å². The minimum atomic E-state index is 0.637. The average molecular weight is 229 g/mol. The number of hydrogen-bond donors (Lipinski definition) is 0. The zero-order valence-corrected chi connectivity index (χ0v) is 9.48. The van der Waals surface area contributed by atoms with E-state index in [1.54, 1.807) is 11.9 Å². The Morgan fingerprint density at radius 2 is 1.69 bits per heavy atom. The van der Waals surface area contributed by atoms with E-state index in [1.807, 2.05) is 40.9 Å². The van der Waals surface area contributed by atoms with E-state index in [2.05, 4.69) is 18.2 Å². The van der Waals surface area contributed by atoms with Crippen LogP contribution >= 0.6 is 11.9 Å². The van der Waals surface area contributed by atoms with Crippen LogP contribution in [0.2, 0.25) is 0 Å². The third-order valence-corrected chi connectivity index (χ3v) is 3.54. The molecule has 0 aromatic heterocycles. The first-order valence-electron chi connectivity index (χ1n) is 5.17. The van der Waals surface area contributed by atoms with E-state index in [0.717, 1.165) is 5.69 Å². The molecule has 0 bridgehead atoms. The van der Waals surface area contributed by atoms with E-state index in [9.17, 15) is 0 Å². The molecule has 0 amide bonds. The molecule has 2 aromatic carbocycles. The fraction of sp³-hybridized carbons (Fsp3) is 0.0769. The second-order valence-electron chi connectivity index (χ2n) is 3.57. The predicted molar refractivity (Wildman–Crippen MR) is 66.0 cm³/mol. The summed E-state index contributed by atoms with van der Waals surface area (Å²) in [5.41, 5.74) is 2.32. The maximum Gasteiger partial charge on any atom is 0.102 e. The summed E-state index contributed by atoms with van der Waals surface area (Å²) in [6.07, 6.45) is 0. The lowest BCUT2D eigenvalue weighted by molar-refractivity contribution is 0.135. The van der Waals surface area contributed by atoms with Gasteiger partial charge < -0.3 is 0 Å². The van der Waals surface area contributed by atoms with Crippen molar-refractivity contribution >= 4 is 17.6 Å². The topological polar surface area (TPSA) is 12.5 Å². The van der Waals surface area contributed by atoms with Crippen molar-refractivity contribution in [3.8, 4) is 0 Å². The highest BCUT2D eigenvalue weighted by molar-refractivity contribution is 8.00. The number of para-hydroxylation sites is 1. The summed E-state index contributed by atoms with van der Waals surface area (Å²) in [6, 6.07) is 18.4. The van der Waals surface area contributed by atoms with Gasteiger partial charge in [-0.3, -0.25) is 4.84 Å². The molecule has 0 fully saturated rings. The smallest absolute Gasteiger partial charge is 0.102 e. The summed E-state index contributed by atoms with van der Waals surface area (Å²) in [6.45, 7) is 0.637. The molecule has 1 aliphatic heterocycles. The maximum absolute atomic E-state index is 5.69. The summed E-state index contributed by atoms with van der Waals surface area (Å²) in [7, 11) is 0. The van der Waals surface area contributed by atoms with E-state index >= 15 is 0 Å². The Bertz CT molecular complexity index is 486. The predicted octanol–water partition coefficient (Wildman–Crippen LogP) is 3.65. The lowest BCUT2D eigenvalue weighted by Gasteiger charge is -2.27. The van der Waals surface area contributed by atoms with E-state index in [0.29, 0.717) is 6.61 Å². The Morgan fingerprint density at radius 1 is 0.938 bits per heavy atom. The molecule has 0 saturated carbocycles. The number of rotatable bonds is 1. The molecular formula is C13H11NOS. The van der Waals surface area contributed by atoms with Crippen molar-refractivity contribution in [2.45, 2.75) is 11.5 Å². The minimum absolute atomic E-state index is 0.637. The van der Waals surface area contributed by atoms with Gasteiger partial charge in [0.15, 0.2) is 0 Å². The van der Waals surface area contributed by atoms with Crippen LogP contribution in [0.4, 0.5) is 5.69 Å². The molecule has 80 valence electrons. The number of anilines is 1. The molecule has 0 N–H and O–H groups in total. The SMILES string of the molecule is c1ccc(N2OCc3ccccc3S2)cc1. The molecule has 0 atom stereocenters. The molecule has 2 nitrogen and oxygen atoms in total. The van der Waals surface area contributed by atoms with Crippen molar-refractivity contribution in [2.75, 3.05) is 4.47 Å². The Labute approximate surface area is 98.9 Å². The van der Waals surface area contributed by atoms with E-state index in [-0.39, 0.29) is 0 Å². The highest BCUT2D eigenvalue weighted by Crippen LogP contribution is 2.35. The van der Waals surface area contributed by atoms with Crippen LogP contribution in [0.3, 0.4) is 0 Å². The number of hydrogen-bond acceptors (Lipinski definition) is 3. The number of benzene rings is 2. The number of nitrogens with zero attached hydrogens (tertiary/aromatic N) is 1. The molecule has 0 radical (unpaired) electrons. The van der Waals surface area contributed by atoms with Gasteiger partial charge in [-0.2, -0.15) is 4.47 Å². The van der Waals surface area contributed by atoms with E-state index < -0.39 is 0 Å². The highest BCUT2D eigenvalue weighted by Gasteiger charge is 2.17. The first-order valence-corrected chi connectivity index (χ1v) is 5.95. The average Bonchev–Trinajstić information content (AvgIpc) is 2.39. The van der Waals surface area contributed by atoms with Gasteiger partial charge in [0.2, 0.25) is 0 Å². The lowest BCUT2D eigenvalue weighted by atomic mass is 10.2. The van der Waals surface area contributed by atoms with Gasteiger partial charge in [0.05, 0.1) is 5.69 Å². The van der Waals surface area contributed by atoms with Crippen LogP contribution in [0.1, 0.15) is 5.56 Å². The molecule has 3 heteroatoms. The summed E-state index contributed by atoms with van der Waals surface area (Å²) >= 11 is 1.62. The Kier molecular flexibility index (Phi) is 2.56. The van der Waals surface area contributed by atoms with Crippen LogP contribution < -0.4 is 4.47 Å². The zero-order chi connectivity index (χ0) is 10.8. The highest BCUT2D eigenvalue weighted by atomic mass is 32.2. The minimum Gasteiger partial charge on any atom is -0.257 e. The van der Waals surface area contributed by atoms with E-state index in [4.69, 9.17) is 4.84 Å². The normalized spacial score (nSPS) is 14.6. The molecule has 0 unspecified atom stereocenters. The van der Waals surface area contributed by atoms with Crippen molar-refractivity contribution in [3.63, 3.8) is 0 Å². The fourth-order valence-electron chi connectivity index (χ4n) is 1.63. The first-order chi connectivity index (χ1) is 7.93. The monoisotopic (exact) mass is 229 g/mol. The van der Waals surface area contributed by atoms with Crippen LogP contribution in [0.15, 0.2) is 59.5 Å². The summed E-state index contributed by atoms with van der Waals surface area (Å²) in [5.74, 6) is 0. The van der Waals surface area contributed by atoms with Gasteiger partial charge in [0, 0.05) is 16.8 Å². The van der Waals surface area contributed by atoms with Gasteiger partial charge in [0.25, 0.3) is 0 Å². The quantitative estimate of drug-likeness (QED) is 0.693. The molecule has 0 aliphatic carbocycles. The van der Waals surface area contributed by atoms with Gasteiger partial charge in [-0.05, 0) is 23.8 Å². The van der Waals surface area contributed by atoms with Crippen LogP contribution in [0.5, 0.6) is 0 Å². The first kappa shape index (κ1) is 9.75. The van der Waals surface area contributed by atoms with Gasteiger partial charge >= 0.3 is 0 Å². The van der Waals surface area contributed by atoms with Crippen molar-refractivity contribution in [1.82, 2.24) is 0 Å². The maximum atomic E-state index is 5.69. The third-order valence-electron chi connectivity index (χ3n) is 2.46. The molecule has 3 rings (SSSR count). The van der Waals surface area contributed by atoms with Gasteiger partial charge in [-0.25, -0.2) is 0 Å². The van der Waals surface area contributed by atoms with Crippen molar-refractivity contribution in [1.29, 1.82) is 0 Å². The summed E-state index contributed by atoms with van der Waals surface area (Å²) in [4.78, 5) is 6.95. The van der Waals surface area contributed by atoms with E-state index in [1.165, 1.54) is 10.5 Å². The third kappa shape index (κ3) is 1.79. The van der Waals surface area contributed by atoms with Crippen LogP contribution in [-0.4, -0.2) is 0 Å². The van der Waals surface area contributed by atoms with Crippen LogP contribution in [0, 0.1) is 0 Å². The molecule has 1 heterocycles. The summed E-state index contributed by atoms with van der Waals surface area (Å²) in [5, 5.41) is 0. The number of fused-ring (bicyclic) bond motifs is 1. The second kappa shape index (κ2) is 4.20. The van der Waals surface area contributed by atoms with Crippen LogP contribution in [-0.2, 0) is 11.4 Å². The molecule has 1 aliphatic rings. The molecule has 2 aromatic rings. The Balaban J connectivity index is 1.89. The van der Waals surface area contributed by atoms with Gasteiger partial charge in [0.1, 0.15) is 6.61 Å². The van der Waals surface area contributed by atoms with Gasteiger partial charge in [-0.1, -0.05) is 36.4 Å². The zero-order valence-electron chi connectivity index (χ0n) is 8.67. The molecule has 0 saturated heterocycles. The van der Waals surface area contributed by atoms with Crippen molar-refractivity contribution in [3.05, 3.63) is 60.2 Å². The van der Waals surface area contributed by atoms with Crippen LogP contribution in [0.25, 0.3) is 0 Å². The van der Waals surface area contributed by atoms with Crippen molar-refractivity contribution < 1.29 is 4.84 Å². The Hall–Kier alpha value is -1.45. The largest absolute Gasteiger partial charge is 0.257 e. The molecule has 16 heavy (non-hydrogen) atoms. The Morgan fingerprint density at radius 3 is 2.56 bits per heavy atom. The molecular weight excluding hydrogens is 218 g/mol. The standard InChI is InChI=1S/C13H11NOS/c1-2-7-12(8-3-1)14-15-10-11-6-4-5-9-13(11)16-14/h1-9H,10H2. The molecule has 0 spiro atoms. The van der Waals surface area contributed by atoms with Gasteiger partial charge in [-0.15, -0.1) is 0 Å². The lowest BCUT2D eigenvalue weighted by Crippen LogP contribution is -2.19.